The van der Waals surface area contributed by atoms with Gasteiger partial charge in [0.2, 0.25) is 5.91 Å². The number of ether oxygens (including phenoxy) is 1. The highest BCUT2D eigenvalue weighted by Gasteiger charge is 2.08. The molecule has 0 atom stereocenters. The molecule has 0 unspecified atom stereocenters. The molecule has 1 rings (SSSR count). The minimum Gasteiger partial charge on any atom is -0.483 e. The summed E-state index contributed by atoms with van der Waals surface area (Å²) in [6, 6.07) is 4.97. The summed E-state index contributed by atoms with van der Waals surface area (Å²) in [5.74, 6) is -1.73. The van der Waals surface area contributed by atoms with E-state index in [0.717, 1.165) is 5.56 Å². The summed E-state index contributed by atoms with van der Waals surface area (Å²) in [6.07, 6.45) is -0.519. The number of amides is 2. The van der Waals surface area contributed by atoms with Crippen molar-refractivity contribution in [3.05, 3.63) is 28.8 Å². The fraction of sp³-hybridized carbons (Fsp3) is 0.308. The summed E-state index contributed by atoms with van der Waals surface area (Å²) < 4.78 is 5.27. The van der Waals surface area contributed by atoms with Crippen molar-refractivity contribution in [2.75, 3.05) is 6.61 Å². The van der Waals surface area contributed by atoms with Crippen LogP contribution in [-0.4, -0.2) is 29.5 Å². The van der Waals surface area contributed by atoms with E-state index in [9.17, 15) is 14.4 Å². The normalized spacial score (nSPS) is 9.81. The van der Waals surface area contributed by atoms with E-state index in [1.54, 1.807) is 25.1 Å². The van der Waals surface area contributed by atoms with Crippen molar-refractivity contribution in [3.8, 4) is 5.75 Å². The number of aliphatic carboxylic acids is 1. The highest BCUT2D eigenvalue weighted by atomic mass is 35.5. The third-order valence-corrected chi connectivity index (χ3v) is 2.64. The van der Waals surface area contributed by atoms with Gasteiger partial charge in [-0.15, -0.1) is 0 Å². The van der Waals surface area contributed by atoms with Crippen LogP contribution in [0.25, 0.3) is 0 Å². The van der Waals surface area contributed by atoms with E-state index in [1.807, 2.05) is 0 Å². The number of hydrogen-bond donors (Lipinski definition) is 3. The minimum atomic E-state index is -1.09. The lowest BCUT2D eigenvalue weighted by molar-refractivity contribution is -0.139. The molecule has 0 spiro atoms. The van der Waals surface area contributed by atoms with Crippen LogP contribution in [0.15, 0.2) is 18.2 Å². The predicted octanol–water partition coefficient (Wildman–Crippen LogP) is 1.04. The maximum atomic E-state index is 11.4. The standard InChI is InChI=1S/C13H15ClN2O5/c1-8-6-9(14)2-3-10(8)21-7-12(18)16-15-11(17)4-5-13(19)20/h2-3,6H,4-5,7H2,1H3,(H,15,17)(H,16,18)(H,19,20). The lowest BCUT2D eigenvalue weighted by atomic mass is 10.2. The monoisotopic (exact) mass is 314 g/mol. The summed E-state index contributed by atoms with van der Waals surface area (Å²) in [5.41, 5.74) is 5.00. The largest absolute Gasteiger partial charge is 0.483 e. The first-order valence-electron chi connectivity index (χ1n) is 6.07. The first-order chi connectivity index (χ1) is 9.88. The number of hydrogen-bond acceptors (Lipinski definition) is 4. The maximum absolute atomic E-state index is 11.4. The number of benzene rings is 1. The third kappa shape index (κ3) is 6.62. The minimum absolute atomic E-state index is 0.216. The second kappa shape index (κ2) is 8.11. The Bertz CT molecular complexity index is 547. The van der Waals surface area contributed by atoms with Crippen LogP contribution in [0.1, 0.15) is 18.4 Å². The summed E-state index contributed by atoms with van der Waals surface area (Å²) >= 11 is 5.79. The Labute approximate surface area is 126 Å². The SMILES string of the molecule is Cc1cc(Cl)ccc1OCC(=O)NNC(=O)CCC(=O)O. The zero-order valence-electron chi connectivity index (χ0n) is 11.3. The van der Waals surface area contributed by atoms with Crippen LogP contribution in [-0.2, 0) is 14.4 Å². The molecule has 0 saturated carbocycles. The number of nitrogens with one attached hydrogen (secondary N) is 2. The van der Waals surface area contributed by atoms with Crippen LogP contribution in [0.5, 0.6) is 5.75 Å². The average molecular weight is 315 g/mol. The number of carbonyl (C=O) groups is 3. The van der Waals surface area contributed by atoms with Crippen molar-refractivity contribution in [3.63, 3.8) is 0 Å². The van der Waals surface area contributed by atoms with E-state index in [2.05, 4.69) is 10.9 Å². The second-order valence-electron chi connectivity index (χ2n) is 4.19. The third-order valence-electron chi connectivity index (χ3n) is 2.40. The van der Waals surface area contributed by atoms with Gasteiger partial charge < -0.3 is 9.84 Å². The van der Waals surface area contributed by atoms with Crippen LogP contribution in [0.4, 0.5) is 0 Å². The highest BCUT2D eigenvalue weighted by Crippen LogP contribution is 2.21. The van der Waals surface area contributed by atoms with E-state index < -0.39 is 17.8 Å². The molecule has 0 heterocycles. The van der Waals surface area contributed by atoms with Crippen molar-refractivity contribution in [2.45, 2.75) is 19.8 Å². The summed E-state index contributed by atoms with van der Waals surface area (Å²) in [5, 5.41) is 8.96. The zero-order valence-corrected chi connectivity index (χ0v) is 12.1. The van der Waals surface area contributed by atoms with Crippen molar-refractivity contribution >= 4 is 29.4 Å². The maximum Gasteiger partial charge on any atom is 0.303 e. The molecule has 0 bridgehead atoms. The molecule has 8 heteroatoms. The number of rotatable bonds is 6. The van der Waals surface area contributed by atoms with Gasteiger partial charge >= 0.3 is 5.97 Å². The Morgan fingerprint density at radius 2 is 1.86 bits per heavy atom. The molecule has 3 N–H and O–H groups in total. The fourth-order valence-corrected chi connectivity index (χ4v) is 1.60. The topological polar surface area (TPSA) is 105 Å². The van der Waals surface area contributed by atoms with Gasteiger partial charge in [-0.3, -0.25) is 25.2 Å². The lowest BCUT2D eigenvalue weighted by Gasteiger charge is -2.10. The first-order valence-corrected chi connectivity index (χ1v) is 6.44. The van der Waals surface area contributed by atoms with Gasteiger partial charge in [-0.05, 0) is 30.7 Å². The van der Waals surface area contributed by atoms with Crippen molar-refractivity contribution in [1.29, 1.82) is 0 Å². The van der Waals surface area contributed by atoms with Crippen LogP contribution >= 0.6 is 11.6 Å². The molecule has 0 saturated heterocycles. The van der Waals surface area contributed by atoms with Crippen LogP contribution in [0.2, 0.25) is 5.02 Å². The fourth-order valence-electron chi connectivity index (χ4n) is 1.38. The van der Waals surface area contributed by atoms with Crippen LogP contribution in [0.3, 0.4) is 0 Å². The van der Waals surface area contributed by atoms with Gasteiger partial charge in [-0.25, -0.2) is 0 Å². The Kier molecular flexibility index (Phi) is 6.48. The molecule has 7 nitrogen and oxygen atoms in total. The van der Waals surface area contributed by atoms with Crippen molar-refractivity contribution in [1.82, 2.24) is 10.9 Å². The molecule has 0 radical (unpaired) electrons. The average Bonchev–Trinajstić information content (AvgIpc) is 2.41. The van der Waals surface area contributed by atoms with Crippen LogP contribution < -0.4 is 15.6 Å². The summed E-state index contributed by atoms with van der Waals surface area (Å²) in [7, 11) is 0. The number of halogens is 1. The van der Waals surface area contributed by atoms with Gasteiger partial charge in [0, 0.05) is 11.4 Å². The molecule has 1 aromatic rings. The molecule has 1 aromatic carbocycles. The molecular weight excluding hydrogens is 300 g/mol. The number of carboxylic acid groups (broad SMARTS) is 1. The zero-order chi connectivity index (χ0) is 15.8. The Balaban J connectivity index is 2.31. The van der Waals surface area contributed by atoms with Gasteiger partial charge in [-0.1, -0.05) is 11.6 Å². The molecule has 114 valence electrons. The quantitative estimate of drug-likeness (QED) is 0.680. The Hall–Kier alpha value is -2.28. The number of carboxylic acids is 1. The van der Waals surface area contributed by atoms with Gasteiger partial charge in [0.25, 0.3) is 5.91 Å². The molecule has 0 fully saturated rings. The Morgan fingerprint density at radius 1 is 1.19 bits per heavy atom. The highest BCUT2D eigenvalue weighted by molar-refractivity contribution is 6.30. The van der Waals surface area contributed by atoms with Crippen molar-refractivity contribution in [2.24, 2.45) is 0 Å². The predicted molar refractivity (Wildman–Crippen MR) is 74.8 cm³/mol. The molecule has 2 amide bonds. The number of aryl methyl sites for hydroxylation is 1. The van der Waals surface area contributed by atoms with E-state index in [-0.39, 0.29) is 19.4 Å². The molecule has 0 aliphatic carbocycles. The first kappa shape index (κ1) is 16.8. The van der Waals surface area contributed by atoms with Gasteiger partial charge in [0.15, 0.2) is 6.61 Å². The van der Waals surface area contributed by atoms with E-state index in [4.69, 9.17) is 21.4 Å². The molecular formula is C13H15ClN2O5. The molecule has 0 aliphatic rings. The second-order valence-corrected chi connectivity index (χ2v) is 4.63. The van der Waals surface area contributed by atoms with E-state index in [0.29, 0.717) is 10.8 Å². The van der Waals surface area contributed by atoms with E-state index >= 15 is 0 Å². The van der Waals surface area contributed by atoms with Crippen molar-refractivity contribution < 1.29 is 24.2 Å². The summed E-state index contributed by atoms with van der Waals surface area (Å²) in [4.78, 5) is 32.9. The molecule has 21 heavy (non-hydrogen) atoms. The molecule has 0 aromatic heterocycles. The Morgan fingerprint density at radius 3 is 2.48 bits per heavy atom. The van der Waals surface area contributed by atoms with Crippen LogP contribution in [0, 0.1) is 6.92 Å². The number of hydrazine groups is 1. The van der Waals surface area contributed by atoms with Gasteiger partial charge in [0.1, 0.15) is 5.75 Å². The summed E-state index contributed by atoms with van der Waals surface area (Å²) in [6.45, 7) is 1.49. The van der Waals surface area contributed by atoms with Gasteiger partial charge in [-0.2, -0.15) is 0 Å². The van der Waals surface area contributed by atoms with Gasteiger partial charge in [0.05, 0.1) is 6.42 Å². The lowest BCUT2D eigenvalue weighted by Crippen LogP contribution is -2.43. The van der Waals surface area contributed by atoms with E-state index in [1.165, 1.54) is 0 Å². The molecule has 0 aliphatic heterocycles. The smallest absolute Gasteiger partial charge is 0.303 e. The number of carbonyl (C=O) groups excluding carboxylic acids is 2.